The largest absolute Gasteiger partial charge is 0.477 e. The van der Waals surface area contributed by atoms with E-state index < -0.39 is 5.54 Å². The zero-order chi connectivity index (χ0) is 26.0. The summed E-state index contributed by atoms with van der Waals surface area (Å²) in [5, 5.41) is 6.18. The minimum atomic E-state index is -0.623. The lowest BCUT2D eigenvalue weighted by molar-refractivity contribution is 0.0158. The molecule has 2 aromatic carbocycles. The van der Waals surface area contributed by atoms with E-state index in [4.69, 9.17) is 4.74 Å². The average Bonchev–Trinajstić information content (AvgIpc) is 3.41. The molecule has 0 N–H and O–H groups in total. The molecular weight excluding hydrogens is 468 g/mol. The number of hydrogen-bond donors (Lipinski definition) is 0. The van der Waals surface area contributed by atoms with Gasteiger partial charge in [-0.1, -0.05) is 43.3 Å². The zero-order valence-corrected chi connectivity index (χ0v) is 21.3. The minimum absolute atomic E-state index is 0.130. The lowest BCUT2D eigenvalue weighted by Gasteiger charge is -2.46. The summed E-state index contributed by atoms with van der Waals surface area (Å²) >= 11 is 0. The van der Waals surface area contributed by atoms with Crippen LogP contribution in [0.2, 0.25) is 0 Å². The molecule has 190 valence electrons. The molecule has 0 atom stereocenters. The number of hydrogen-bond acceptors (Lipinski definition) is 6. The average molecular weight is 499 g/mol. The van der Waals surface area contributed by atoms with Gasteiger partial charge in [-0.2, -0.15) is 0 Å². The maximum absolute atomic E-state index is 13.5. The number of pyridine rings is 1. The van der Waals surface area contributed by atoms with Crippen molar-refractivity contribution in [2.75, 3.05) is 26.2 Å². The second kappa shape index (κ2) is 10.0. The van der Waals surface area contributed by atoms with E-state index in [-0.39, 0.29) is 17.6 Å². The lowest BCUT2D eigenvalue weighted by Crippen LogP contribution is -2.62. The predicted octanol–water partition coefficient (Wildman–Crippen LogP) is 3.98. The van der Waals surface area contributed by atoms with Gasteiger partial charge in [0.1, 0.15) is 12.0 Å². The number of nitrogens with zero attached hydrogens (tertiary/aromatic N) is 6. The number of piperazine rings is 1. The third-order valence-corrected chi connectivity index (χ3v) is 6.51. The van der Waals surface area contributed by atoms with Crippen molar-refractivity contribution in [3.8, 4) is 11.6 Å². The normalized spacial score (nSPS) is 15.1. The molecule has 0 saturated carbocycles. The van der Waals surface area contributed by atoms with Crippen molar-refractivity contribution in [2.45, 2.75) is 32.7 Å². The maximum Gasteiger partial charge on any atom is 0.294 e. The van der Waals surface area contributed by atoms with Gasteiger partial charge in [0.2, 0.25) is 11.7 Å². The number of aromatic nitrogens is 4. The quantitative estimate of drug-likeness (QED) is 0.399. The molecule has 1 aliphatic rings. The van der Waals surface area contributed by atoms with E-state index >= 15 is 0 Å². The van der Waals surface area contributed by atoms with Gasteiger partial charge in [0.15, 0.2) is 0 Å². The molecule has 2 aromatic heterocycles. The Bertz CT molecular complexity index is 1430. The molecule has 0 unspecified atom stereocenters. The minimum Gasteiger partial charge on any atom is -0.477 e. The van der Waals surface area contributed by atoms with Gasteiger partial charge in [-0.15, -0.1) is 5.10 Å². The summed E-state index contributed by atoms with van der Waals surface area (Å²) in [5.74, 6) is 0.159. The number of para-hydroxylation sites is 1. The molecule has 0 bridgehead atoms. The van der Waals surface area contributed by atoms with E-state index in [9.17, 15) is 9.59 Å². The van der Waals surface area contributed by atoms with Crippen LogP contribution in [-0.2, 0) is 0 Å². The van der Waals surface area contributed by atoms with Gasteiger partial charge < -0.3 is 14.5 Å². The van der Waals surface area contributed by atoms with Crippen LogP contribution >= 0.6 is 0 Å². The number of amides is 2. The molecule has 1 fully saturated rings. The van der Waals surface area contributed by atoms with Crippen LogP contribution in [0.3, 0.4) is 0 Å². The monoisotopic (exact) mass is 498 g/mol. The fourth-order valence-electron chi connectivity index (χ4n) is 4.64. The van der Waals surface area contributed by atoms with E-state index in [1.165, 1.54) is 0 Å². The van der Waals surface area contributed by atoms with Crippen molar-refractivity contribution in [3.63, 3.8) is 0 Å². The van der Waals surface area contributed by atoms with Crippen LogP contribution in [0.5, 0.6) is 5.88 Å². The summed E-state index contributed by atoms with van der Waals surface area (Å²) in [7, 11) is 0. The lowest BCUT2D eigenvalue weighted by atomic mass is 9.98. The third kappa shape index (κ3) is 4.89. The van der Waals surface area contributed by atoms with E-state index in [1.807, 2.05) is 75.4 Å². The number of carbonyl (C=O) groups excluding carboxylic acids is 2. The van der Waals surface area contributed by atoms with Crippen LogP contribution in [-0.4, -0.2) is 73.1 Å². The van der Waals surface area contributed by atoms with Crippen molar-refractivity contribution < 1.29 is 14.3 Å². The van der Waals surface area contributed by atoms with Gasteiger partial charge in [-0.05, 0) is 49.9 Å². The molecule has 1 saturated heterocycles. The molecule has 2 amide bonds. The Morgan fingerprint density at radius 3 is 2.51 bits per heavy atom. The van der Waals surface area contributed by atoms with Crippen LogP contribution in [0.1, 0.15) is 48.3 Å². The fourth-order valence-corrected chi connectivity index (χ4v) is 4.64. The molecule has 37 heavy (non-hydrogen) atoms. The van der Waals surface area contributed by atoms with E-state index in [0.29, 0.717) is 37.8 Å². The van der Waals surface area contributed by atoms with Gasteiger partial charge >= 0.3 is 0 Å². The Labute approximate surface area is 215 Å². The van der Waals surface area contributed by atoms with E-state index in [2.05, 4.69) is 15.1 Å². The van der Waals surface area contributed by atoms with Gasteiger partial charge in [-0.25, -0.2) is 14.6 Å². The van der Waals surface area contributed by atoms with Crippen LogP contribution in [0.15, 0.2) is 67.0 Å². The topological polar surface area (TPSA) is 93.5 Å². The second-order valence-electron chi connectivity index (χ2n) is 9.73. The van der Waals surface area contributed by atoms with Crippen LogP contribution < -0.4 is 4.74 Å². The standard InChI is InChI=1S/C28H30N6O3/c1-4-16-37-25-22-13-9-8-10-20(22)17-23(30-25)26(35)32-14-15-33(28(2,3)18-32)27(36)24-29-19-34(31-24)21-11-6-5-7-12-21/h5-13,17,19H,4,14-16,18H2,1-3H3. The summed E-state index contributed by atoms with van der Waals surface area (Å²) in [6, 6.07) is 19.1. The summed E-state index contributed by atoms with van der Waals surface area (Å²) in [6.07, 6.45) is 2.38. The first kappa shape index (κ1) is 24.4. The number of carbonyl (C=O) groups is 2. The van der Waals surface area contributed by atoms with E-state index in [1.54, 1.807) is 26.9 Å². The molecule has 9 heteroatoms. The number of benzene rings is 2. The first-order valence-electron chi connectivity index (χ1n) is 12.5. The number of ether oxygens (including phenoxy) is 1. The molecule has 5 rings (SSSR count). The second-order valence-corrected chi connectivity index (χ2v) is 9.73. The Balaban J connectivity index is 1.34. The molecular formula is C28H30N6O3. The van der Waals surface area contributed by atoms with Gasteiger partial charge in [0, 0.05) is 25.0 Å². The first-order valence-corrected chi connectivity index (χ1v) is 12.5. The summed E-state index contributed by atoms with van der Waals surface area (Å²) in [6.45, 7) is 7.55. The third-order valence-electron chi connectivity index (χ3n) is 6.51. The SMILES string of the molecule is CCCOc1nc(C(=O)N2CCN(C(=O)c3ncn(-c4ccccc4)n3)C(C)(C)C2)cc2ccccc12. The maximum atomic E-state index is 13.5. The molecule has 1 aliphatic heterocycles. The smallest absolute Gasteiger partial charge is 0.294 e. The number of rotatable bonds is 6. The van der Waals surface area contributed by atoms with Crippen molar-refractivity contribution in [1.82, 2.24) is 29.5 Å². The molecule has 0 radical (unpaired) electrons. The molecule has 4 aromatic rings. The molecule has 3 heterocycles. The summed E-state index contributed by atoms with van der Waals surface area (Å²) in [4.78, 5) is 39.2. The van der Waals surface area contributed by atoms with Crippen molar-refractivity contribution in [3.05, 3.63) is 78.5 Å². The van der Waals surface area contributed by atoms with Crippen molar-refractivity contribution >= 4 is 22.6 Å². The van der Waals surface area contributed by atoms with Crippen molar-refractivity contribution in [2.24, 2.45) is 0 Å². The zero-order valence-electron chi connectivity index (χ0n) is 21.3. The highest BCUT2D eigenvalue weighted by Crippen LogP contribution is 2.28. The Morgan fingerprint density at radius 2 is 1.76 bits per heavy atom. The van der Waals surface area contributed by atoms with Gasteiger partial charge in [-0.3, -0.25) is 9.59 Å². The van der Waals surface area contributed by atoms with Crippen LogP contribution in [0.25, 0.3) is 16.5 Å². The predicted molar refractivity (Wildman–Crippen MR) is 140 cm³/mol. The highest BCUT2D eigenvalue weighted by atomic mass is 16.5. The van der Waals surface area contributed by atoms with Crippen LogP contribution in [0.4, 0.5) is 0 Å². The highest BCUT2D eigenvalue weighted by Gasteiger charge is 2.40. The van der Waals surface area contributed by atoms with Gasteiger partial charge in [0.25, 0.3) is 11.8 Å². The van der Waals surface area contributed by atoms with Crippen molar-refractivity contribution in [1.29, 1.82) is 0 Å². The Kier molecular flexibility index (Phi) is 6.60. The fraction of sp³-hybridized carbons (Fsp3) is 0.321. The van der Waals surface area contributed by atoms with E-state index in [0.717, 1.165) is 22.9 Å². The van der Waals surface area contributed by atoms with Gasteiger partial charge in [0.05, 0.1) is 17.8 Å². The Hall–Kier alpha value is -4.27. The Morgan fingerprint density at radius 1 is 1.00 bits per heavy atom. The highest BCUT2D eigenvalue weighted by molar-refractivity contribution is 5.98. The summed E-state index contributed by atoms with van der Waals surface area (Å²) < 4.78 is 7.46. The summed E-state index contributed by atoms with van der Waals surface area (Å²) in [5.41, 5.74) is 0.541. The molecule has 0 aliphatic carbocycles. The first-order chi connectivity index (χ1) is 17.9. The molecule has 9 nitrogen and oxygen atoms in total. The van der Waals surface area contributed by atoms with Crippen LogP contribution in [0, 0.1) is 0 Å². The molecule has 0 spiro atoms. The number of fused-ring (bicyclic) bond motifs is 1.